The molecule has 2 aromatic heterocycles. The minimum atomic E-state index is -4.56. The number of halogens is 4. The molecule has 0 unspecified atom stereocenters. The first-order chi connectivity index (χ1) is 10.3. The van der Waals surface area contributed by atoms with E-state index in [0.717, 1.165) is 0 Å². The normalized spacial score (nSPS) is 21.3. The maximum atomic E-state index is 13.3. The number of hydrogen-bond acceptors (Lipinski definition) is 4. The van der Waals surface area contributed by atoms with Crippen LogP contribution < -0.4 is 11.1 Å². The average molecular weight is 335 g/mol. The highest BCUT2D eigenvalue weighted by molar-refractivity contribution is 6.36. The number of nitrogens with zero attached hydrogens (tertiary/aromatic N) is 2. The van der Waals surface area contributed by atoms with Crippen molar-refractivity contribution in [1.29, 1.82) is 0 Å². The summed E-state index contributed by atoms with van der Waals surface area (Å²) in [7, 11) is 0. The van der Waals surface area contributed by atoms with E-state index in [1.165, 1.54) is 6.26 Å². The number of aromatic nitrogens is 2. The van der Waals surface area contributed by atoms with E-state index >= 15 is 0 Å². The van der Waals surface area contributed by atoms with E-state index < -0.39 is 29.9 Å². The molecule has 0 spiro atoms. The van der Waals surface area contributed by atoms with Gasteiger partial charge in [0.1, 0.15) is 16.6 Å². The van der Waals surface area contributed by atoms with Gasteiger partial charge in [0.15, 0.2) is 11.7 Å². The van der Waals surface area contributed by atoms with E-state index in [0.29, 0.717) is 10.4 Å². The second-order valence-corrected chi connectivity index (χ2v) is 5.20. The van der Waals surface area contributed by atoms with Crippen LogP contribution >= 0.6 is 11.6 Å². The Labute approximate surface area is 127 Å². The number of furan rings is 1. The molecule has 1 amide bonds. The fourth-order valence-electron chi connectivity index (χ4n) is 2.42. The van der Waals surface area contributed by atoms with Crippen LogP contribution in [-0.2, 0) is 0 Å². The first kappa shape index (κ1) is 14.8. The lowest BCUT2D eigenvalue weighted by molar-refractivity contribution is -0.174. The molecule has 0 saturated carbocycles. The number of nitrogens with two attached hydrogens (primary N) is 1. The molecule has 1 aliphatic rings. The summed E-state index contributed by atoms with van der Waals surface area (Å²) in [5, 5.41) is 6.18. The van der Waals surface area contributed by atoms with E-state index in [-0.39, 0.29) is 17.3 Å². The Bertz CT molecular complexity index is 711. The van der Waals surface area contributed by atoms with Crippen LogP contribution in [0.4, 0.5) is 19.0 Å². The molecule has 3 rings (SSSR count). The van der Waals surface area contributed by atoms with Gasteiger partial charge in [-0.05, 0) is 12.1 Å². The number of hydrogen-bond donors (Lipinski definition) is 2. The van der Waals surface area contributed by atoms with Crippen molar-refractivity contribution >= 4 is 23.3 Å². The summed E-state index contributed by atoms with van der Waals surface area (Å²) in [5.41, 5.74) is 4.68. The lowest BCUT2D eigenvalue weighted by atomic mass is 10.0. The number of nitrogens with one attached hydrogen (secondary N) is 1. The van der Waals surface area contributed by atoms with Crippen LogP contribution in [0.3, 0.4) is 0 Å². The van der Waals surface area contributed by atoms with Gasteiger partial charge in [0.25, 0.3) is 5.91 Å². The Morgan fingerprint density at radius 1 is 1.55 bits per heavy atom. The van der Waals surface area contributed by atoms with Crippen molar-refractivity contribution in [3.63, 3.8) is 0 Å². The molecule has 0 aliphatic carbocycles. The molecule has 10 heteroatoms. The number of carbonyl (C=O) groups excluding carboxylic acids is 1. The summed E-state index contributed by atoms with van der Waals surface area (Å²) in [6.45, 7) is 0. The third kappa shape index (κ3) is 2.31. The van der Waals surface area contributed by atoms with Gasteiger partial charge in [-0.15, -0.1) is 0 Å². The molecule has 1 aliphatic heterocycles. The topological polar surface area (TPSA) is 86.1 Å². The third-order valence-electron chi connectivity index (χ3n) is 3.42. The summed E-state index contributed by atoms with van der Waals surface area (Å²) >= 11 is 5.93. The first-order valence-electron chi connectivity index (χ1n) is 6.23. The van der Waals surface area contributed by atoms with Gasteiger partial charge >= 0.3 is 6.18 Å². The molecule has 3 heterocycles. The second kappa shape index (κ2) is 4.94. The maximum Gasteiger partial charge on any atom is 0.410 e. The van der Waals surface area contributed by atoms with Crippen molar-refractivity contribution in [3.8, 4) is 0 Å². The Balaban J connectivity index is 2.10. The molecule has 0 aromatic carbocycles. The predicted octanol–water partition coefficient (Wildman–Crippen LogP) is 2.89. The molecule has 3 N–H and O–H groups in total. The summed E-state index contributed by atoms with van der Waals surface area (Å²) in [5.74, 6) is -0.770. The Hall–Kier alpha value is -2.16. The minimum Gasteiger partial charge on any atom is -0.467 e. The molecule has 0 radical (unpaired) electrons. The molecule has 0 fully saturated rings. The van der Waals surface area contributed by atoms with Gasteiger partial charge in [-0.25, -0.2) is 4.68 Å². The van der Waals surface area contributed by atoms with Crippen molar-refractivity contribution in [3.05, 3.63) is 34.9 Å². The molecular formula is C12H10ClF3N4O2. The molecular weight excluding hydrogens is 325 g/mol. The predicted molar refractivity (Wildman–Crippen MR) is 70.5 cm³/mol. The highest BCUT2D eigenvalue weighted by atomic mass is 35.5. The van der Waals surface area contributed by atoms with Crippen molar-refractivity contribution in [1.82, 2.24) is 9.78 Å². The van der Waals surface area contributed by atoms with E-state index in [1.54, 1.807) is 12.1 Å². The minimum absolute atomic E-state index is 0.106. The molecule has 6 nitrogen and oxygen atoms in total. The monoisotopic (exact) mass is 334 g/mol. The number of fused-ring (bicyclic) bond motifs is 1. The Morgan fingerprint density at radius 3 is 2.82 bits per heavy atom. The smallest absolute Gasteiger partial charge is 0.410 e. The lowest BCUT2D eigenvalue weighted by Gasteiger charge is -2.32. The molecule has 2 atom stereocenters. The van der Waals surface area contributed by atoms with E-state index in [2.05, 4.69) is 10.4 Å². The SMILES string of the molecule is NC(=O)c1nn2c(c1Cl)N[C@@H](c1ccco1)C[C@@H]2C(F)(F)F. The van der Waals surface area contributed by atoms with Gasteiger partial charge < -0.3 is 15.5 Å². The van der Waals surface area contributed by atoms with E-state index in [4.69, 9.17) is 21.8 Å². The van der Waals surface area contributed by atoms with Gasteiger partial charge in [-0.1, -0.05) is 11.6 Å². The van der Waals surface area contributed by atoms with Crippen LogP contribution in [0.15, 0.2) is 22.8 Å². The number of primary amides is 1. The highest BCUT2D eigenvalue weighted by Gasteiger charge is 2.48. The molecule has 22 heavy (non-hydrogen) atoms. The van der Waals surface area contributed by atoms with Gasteiger partial charge in [0, 0.05) is 6.42 Å². The number of rotatable bonds is 2. The van der Waals surface area contributed by atoms with E-state index in [1.807, 2.05) is 0 Å². The molecule has 118 valence electrons. The van der Waals surface area contributed by atoms with Crippen LogP contribution in [0, 0.1) is 0 Å². The van der Waals surface area contributed by atoms with Gasteiger partial charge in [0.05, 0.1) is 12.3 Å². The van der Waals surface area contributed by atoms with Crippen LogP contribution in [0.2, 0.25) is 5.02 Å². The maximum absolute atomic E-state index is 13.3. The summed E-state index contributed by atoms with van der Waals surface area (Å²) < 4.78 is 45.7. The number of carbonyl (C=O) groups is 1. The summed E-state index contributed by atoms with van der Waals surface area (Å²) in [6.07, 6.45) is -3.55. The quantitative estimate of drug-likeness (QED) is 0.884. The van der Waals surface area contributed by atoms with Gasteiger partial charge in [-0.2, -0.15) is 18.3 Å². The van der Waals surface area contributed by atoms with Crippen LogP contribution in [0.5, 0.6) is 0 Å². The van der Waals surface area contributed by atoms with Gasteiger partial charge in [0.2, 0.25) is 0 Å². The fourth-order valence-corrected chi connectivity index (χ4v) is 2.70. The summed E-state index contributed by atoms with van der Waals surface area (Å²) in [4.78, 5) is 11.2. The Morgan fingerprint density at radius 2 is 2.27 bits per heavy atom. The number of amides is 1. The third-order valence-corrected chi connectivity index (χ3v) is 3.77. The molecule has 2 aromatic rings. The highest BCUT2D eigenvalue weighted by Crippen LogP contribution is 2.46. The van der Waals surface area contributed by atoms with Crippen molar-refractivity contribution in [2.45, 2.75) is 24.7 Å². The Kier molecular flexibility index (Phi) is 3.32. The average Bonchev–Trinajstić information content (AvgIpc) is 3.05. The zero-order chi connectivity index (χ0) is 16.1. The number of anilines is 1. The zero-order valence-corrected chi connectivity index (χ0v) is 11.6. The zero-order valence-electron chi connectivity index (χ0n) is 10.9. The summed E-state index contributed by atoms with van der Waals surface area (Å²) in [6, 6.07) is 0.440. The van der Waals surface area contributed by atoms with Crippen LogP contribution in [-0.4, -0.2) is 21.9 Å². The number of alkyl halides is 3. The van der Waals surface area contributed by atoms with Crippen LogP contribution in [0.25, 0.3) is 0 Å². The van der Waals surface area contributed by atoms with Crippen molar-refractivity contribution < 1.29 is 22.4 Å². The molecule has 0 bridgehead atoms. The van der Waals surface area contributed by atoms with E-state index in [9.17, 15) is 18.0 Å². The molecule has 0 saturated heterocycles. The van der Waals surface area contributed by atoms with Crippen molar-refractivity contribution in [2.75, 3.05) is 5.32 Å². The fraction of sp³-hybridized carbons (Fsp3) is 0.333. The first-order valence-corrected chi connectivity index (χ1v) is 6.61. The van der Waals surface area contributed by atoms with Gasteiger partial charge in [-0.3, -0.25) is 4.79 Å². The van der Waals surface area contributed by atoms with Crippen molar-refractivity contribution in [2.24, 2.45) is 5.73 Å². The second-order valence-electron chi connectivity index (χ2n) is 4.83. The largest absolute Gasteiger partial charge is 0.467 e. The standard InChI is InChI=1S/C12H10ClF3N4O2/c13-8-9(10(17)21)19-20-7(12(14,15)16)4-5(18-11(8)20)6-2-1-3-22-6/h1-3,5,7,18H,4H2,(H2,17,21)/t5-,7-/m1/s1. The van der Waals surface area contributed by atoms with Crippen LogP contribution in [0.1, 0.15) is 34.8 Å². The lowest BCUT2D eigenvalue weighted by Crippen LogP contribution is -2.35.